The van der Waals surface area contributed by atoms with Crippen LogP contribution in [0.25, 0.3) is 0 Å². The molecule has 0 unspecified atom stereocenters. The third kappa shape index (κ3) is 5.09. The van der Waals surface area contributed by atoms with Crippen molar-refractivity contribution in [2.75, 3.05) is 20.6 Å². The van der Waals surface area contributed by atoms with Gasteiger partial charge in [-0.3, -0.25) is 0 Å². The van der Waals surface area contributed by atoms with Gasteiger partial charge in [0.1, 0.15) is 0 Å². The first-order chi connectivity index (χ1) is 12.4. The number of hydrogen-bond donors (Lipinski definition) is 2. The SMILES string of the molecule is CCNC(=NCc1ccc(S(=O)(=O)NC)cc1)N(C)Cc1cccn1C. The zero-order valence-electron chi connectivity index (χ0n) is 15.7. The molecule has 0 bridgehead atoms. The van der Waals surface area contributed by atoms with Crippen molar-refractivity contribution in [3.63, 3.8) is 0 Å². The molecule has 0 saturated carbocycles. The molecule has 0 aliphatic heterocycles. The highest BCUT2D eigenvalue weighted by Gasteiger charge is 2.11. The summed E-state index contributed by atoms with van der Waals surface area (Å²) in [6, 6.07) is 10.9. The molecule has 26 heavy (non-hydrogen) atoms. The fourth-order valence-electron chi connectivity index (χ4n) is 2.51. The van der Waals surface area contributed by atoms with Crippen LogP contribution in [-0.2, 0) is 30.2 Å². The van der Waals surface area contributed by atoms with Gasteiger partial charge in [0.15, 0.2) is 5.96 Å². The van der Waals surface area contributed by atoms with Crippen LogP contribution in [0.3, 0.4) is 0 Å². The molecule has 0 aliphatic rings. The first-order valence-electron chi connectivity index (χ1n) is 8.49. The number of aromatic nitrogens is 1. The molecule has 0 amide bonds. The summed E-state index contributed by atoms with van der Waals surface area (Å²) >= 11 is 0. The number of aryl methyl sites for hydroxylation is 1. The van der Waals surface area contributed by atoms with E-state index in [2.05, 4.69) is 30.6 Å². The molecule has 1 aromatic carbocycles. The minimum Gasteiger partial charge on any atom is -0.357 e. The van der Waals surface area contributed by atoms with E-state index in [9.17, 15) is 8.42 Å². The monoisotopic (exact) mass is 377 g/mol. The Labute approximate surface area is 155 Å². The lowest BCUT2D eigenvalue weighted by atomic mass is 10.2. The molecule has 0 aliphatic carbocycles. The summed E-state index contributed by atoms with van der Waals surface area (Å²) in [5.41, 5.74) is 2.14. The predicted octanol–water partition coefficient (Wildman–Crippen LogP) is 1.53. The fourth-order valence-corrected chi connectivity index (χ4v) is 3.24. The molecule has 7 nitrogen and oxygen atoms in total. The maximum Gasteiger partial charge on any atom is 0.240 e. The van der Waals surface area contributed by atoms with Crippen molar-refractivity contribution in [1.82, 2.24) is 19.5 Å². The number of benzene rings is 1. The molecule has 2 N–H and O–H groups in total. The van der Waals surface area contributed by atoms with E-state index in [1.165, 1.54) is 12.7 Å². The Kier molecular flexibility index (Phi) is 6.82. The van der Waals surface area contributed by atoms with Gasteiger partial charge in [0.25, 0.3) is 0 Å². The number of rotatable bonds is 7. The third-order valence-electron chi connectivity index (χ3n) is 4.06. The molecule has 0 spiro atoms. The first-order valence-corrected chi connectivity index (χ1v) is 9.98. The molecule has 142 valence electrons. The van der Waals surface area contributed by atoms with Gasteiger partial charge in [0.05, 0.1) is 18.0 Å². The molecule has 2 aromatic rings. The number of aliphatic imine (C=N–C) groups is 1. The molecule has 2 rings (SSSR count). The molecule has 0 atom stereocenters. The molecular formula is C18H27N5O2S. The largest absolute Gasteiger partial charge is 0.357 e. The Morgan fingerprint density at radius 3 is 2.46 bits per heavy atom. The van der Waals surface area contributed by atoms with E-state index in [1.807, 2.05) is 33.3 Å². The fraction of sp³-hybridized carbons (Fsp3) is 0.389. The van der Waals surface area contributed by atoms with E-state index < -0.39 is 10.0 Å². The third-order valence-corrected chi connectivity index (χ3v) is 5.49. The Morgan fingerprint density at radius 1 is 1.23 bits per heavy atom. The maximum atomic E-state index is 11.8. The number of sulfonamides is 1. The van der Waals surface area contributed by atoms with E-state index >= 15 is 0 Å². The lowest BCUT2D eigenvalue weighted by Crippen LogP contribution is -2.38. The highest BCUT2D eigenvalue weighted by molar-refractivity contribution is 7.89. The average Bonchev–Trinajstić information content (AvgIpc) is 3.03. The molecule has 8 heteroatoms. The zero-order valence-corrected chi connectivity index (χ0v) is 16.5. The molecule has 0 fully saturated rings. The van der Waals surface area contributed by atoms with Gasteiger partial charge in [0, 0.05) is 32.5 Å². The Balaban J connectivity index is 2.09. The molecule has 0 saturated heterocycles. The van der Waals surface area contributed by atoms with Crippen LogP contribution in [0.2, 0.25) is 0 Å². The van der Waals surface area contributed by atoms with Gasteiger partial charge in [-0.25, -0.2) is 18.1 Å². The van der Waals surface area contributed by atoms with Gasteiger partial charge in [-0.1, -0.05) is 12.1 Å². The Hall–Kier alpha value is -2.32. The maximum absolute atomic E-state index is 11.8. The molecule has 0 radical (unpaired) electrons. The second-order valence-corrected chi connectivity index (χ2v) is 7.87. The minimum absolute atomic E-state index is 0.250. The highest BCUT2D eigenvalue weighted by Crippen LogP contribution is 2.11. The molecular weight excluding hydrogens is 350 g/mol. The van der Waals surface area contributed by atoms with Gasteiger partial charge in [-0.05, 0) is 43.8 Å². The molecule has 1 heterocycles. The average molecular weight is 378 g/mol. The lowest BCUT2D eigenvalue weighted by molar-refractivity contribution is 0.462. The Bertz CT molecular complexity index is 841. The van der Waals surface area contributed by atoms with Crippen molar-refractivity contribution >= 4 is 16.0 Å². The summed E-state index contributed by atoms with van der Waals surface area (Å²) in [5.74, 6) is 0.806. The second kappa shape index (κ2) is 8.86. The van der Waals surface area contributed by atoms with Crippen LogP contribution in [0.4, 0.5) is 0 Å². The van der Waals surface area contributed by atoms with E-state index in [-0.39, 0.29) is 4.90 Å². The second-order valence-electron chi connectivity index (χ2n) is 5.99. The van der Waals surface area contributed by atoms with Crippen LogP contribution < -0.4 is 10.0 Å². The number of guanidine groups is 1. The minimum atomic E-state index is -3.41. The van der Waals surface area contributed by atoms with E-state index in [0.29, 0.717) is 6.54 Å². The Morgan fingerprint density at radius 2 is 1.92 bits per heavy atom. The highest BCUT2D eigenvalue weighted by atomic mass is 32.2. The van der Waals surface area contributed by atoms with Crippen LogP contribution in [-0.4, -0.2) is 44.5 Å². The van der Waals surface area contributed by atoms with Gasteiger partial charge < -0.3 is 14.8 Å². The number of nitrogens with one attached hydrogen (secondary N) is 2. The van der Waals surface area contributed by atoms with Crippen molar-refractivity contribution in [1.29, 1.82) is 0 Å². The summed E-state index contributed by atoms with van der Waals surface area (Å²) in [4.78, 5) is 6.98. The van der Waals surface area contributed by atoms with Crippen molar-refractivity contribution < 1.29 is 8.42 Å². The van der Waals surface area contributed by atoms with Crippen molar-refractivity contribution in [2.24, 2.45) is 12.0 Å². The summed E-state index contributed by atoms with van der Waals surface area (Å²) in [6.45, 7) is 4.02. The summed E-state index contributed by atoms with van der Waals surface area (Å²) in [6.07, 6.45) is 2.02. The van der Waals surface area contributed by atoms with Crippen molar-refractivity contribution in [3.05, 3.63) is 53.9 Å². The van der Waals surface area contributed by atoms with E-state index in [1.54, 1.807) is 24.3 Å². The first kappa shape index (κ1) is 20.0. The summed E-state index contributed by atoms with van der Waals surface area (Å²) in [5, 5.41) is 3.29. The van der Waals surface area contributed by atoms with Crippen LogP contribution in [0.15, 0.2) is 52.5 Å². The van der Waals surface area contributed by atoms with Crippen molar-refractivity contribution in [3.8, 4) is 0 Å². The summed E-state index contributed by atoms with van der Waals surface area (Å²) < 4.78 is 27.9. The molecule has 1 aromatic heterocycles. The van der Waals surface area contributed by atoms with Gasteiger partial charge >= 0.3 is 0 Å². The standard InChI is InChI=1S/C18H27N5O2S/c1-5-20-18(23(4)14-16-7-6-12-22(16)3)21-13-15-8-10-17(11-9-15)26(24,25)19-2/h6-12,19H,5,13-14H2,1-4H3,(H,20,21). The van der Waals surface area contributed by atoms with Crippen LogP contribution >= 0.6 is 0 Å². The lowest BCUT2D eigenvalue weighted by Gasteiger charge is -2.22. The summed E-state index contributed by atoms with van der Waals surface area (Å²) in [7, 11) is 2.01. The van der Waals surface area contributed by atoms with Gasteiger partial charge in [-0.2, -0.15) is 0 Å². The topological polar surface area (TPSA) is 78.7 Å². The smallest absolute Gasteiger partial charge is 0.240 e. The number of nitrogens with zero attached hydrogens (tertiary/aromatic N) is 3. The van der Waals surface area contributed by atoms with Gasteiger partial charge in [0.2, 0.25) is 10.0 Å². The predicted molar refractivity (Wildman–Crippen MR) is 104 cm³/mol. The van der Waals surface area contributed by atoms with Crippen molar-refractivity contribution in [2.45, 2.75) is 24.9 Å². The zero-order chi connectivity index (χ0) is 19.2. The normalized spacial score (nSPS) is 12.2. The van der Waals surface area contributed by atoms with E-state index in [4.69, 9.17) is 0 Å². The van der Waals surface area contributed by atoms with Crippen LogP contribution in [0.5, 0.6) is 0 Å². The number of hydrogen-bond acceptors (Lipinski definition) is 3. The van der Waals surface area contributed by atoms with Crippen LogP contribution in [0, 0.1) is 0 Å². The van der Waals surface area contributed by atoms with E-state index in [0.717, 1.165) is 24.6 Å². The van der Waals surface area contributed by atoms with Crippen LogP contribution in [0.1, 0.15) is 18.2 Å². The quantitative estimate of drug-likeness (QED) is 0.567. The van der Waals surface area contributed by atoms with Gasteiger partial charge in [-0.15, -0.1) is 0 Å².